The maximum atomic E-state index is 14.5. The number of rotatable bonds is 9. The van der Waals surface area contributed by atoms with Gasteiger partial charge in [0.1, 0.15) is 0 Å². The highest BCUT2D eigenvalue weighted by atomic mass is 32.2. The highest BCUT2D eigenvalue weighted by Crippen LogP contribution is 2.39. The Hall–Kier alpha value is -3.73. The summed E-state index contributed by atoms with van der Waals surface area (Å²) in [7, 11) is 1.21. The predicted octanol–water partition coefficient (Wildman–Crippen LogP) is 6.02. The number of methoxy groups -OCH3 is 4. The first-order valence-electron chi connectivity index (χ1n) is 10.7. The third kappa shape index (κ3) is 6.16. The molecule has 0 aliphatic carbocycles. The van der Waals surface area contributed by atoms with E-state index in [1.807, 2.05) is 0 Å². The Morgan fingerprint density at radius 3 is 1.97 bits per heavy atom. The van der Waals surface area contributed by atoms with Crippen LogP contribution in [-0.4, -0.2) is 36.9 Å². The quantitative estimate of drug-likeness (QED) is 0.244. The summed E-state index contributed by atoms with van der Waals surface area (Å²) in [5.74, 6) is -0.816. The van der Waals surface area contributed by atoms with Crippen LogP contribution in [0.15, 0.2) is 53.4 Å². The molecule has 0 atom stereocenters. The molecule has 0 fully saturated rings. The number of hydrogen-bond donors (Lipinski definition) is 0. The standard InChI is InChI=1S/C26H24F4O6S/c1-33-22-12-16(13-23(34-2)25(22)36-4)8-9-17-10-11-21(27)24(35-3)20(17)15-37(31,32)19-7-5-6-18(14-19)26(28,29)30/h5-14H,15H2,1-4H3/b9-8-. The van der Waals surface area contributed by atoms with Crippen molar-refractivity contribution in [1.82, 2.24) is 0 Å². The third-order valence-electron chi connectivity index (χ3n) is 5.45. The summed E-state index contributed by atoms with van der Waals surface area (Å²) in [6.07, 6.45) is -1.59. The lowest BCUT2D eigenvalue weighted by Crippen LogP contribution is -2.11. The van der Waals surface area contributed by atoms with Crippen molar-refractivity contribution in [3.05, 3.63) is 76.6 Å². The Morgan fingerprint density at radius 1 is 0.811 bits per heavy atom. The summed E-state index contributed by atoms with van der Waals surface area (Å²) >= 11 is 0. The van der Waals surface area contributed by atoms with Crippen LogP contribution >= 0.6 is 0 Å². The van der Waals surface area contributed by atoms with E-state index in [1.54, 1.807) is 18.2 Å². The number of alkyl halides is 3. The van der Waals surface area contributed by atoms with E-state index in [-0.39, 0.29) is 16.9 Å². The molecule has 0 spiro atoms. The molecule has 37 heavy (non-hydrogen) atoms. The Labute approximate surface area is 212 Å². The maximum Gasteiger partial charge on any atom is 0.416 e. The van der Waals surface area contributed by atoms with Crippen LogP contribution in [-0.2, 0) is 21.8 Å². The van der Waals surface area contributed by atoms with E-state index in [0.717, 1.165) is 24.3 Å². The highest BCUT2D eigenvalue weighted by Gasteiger charge is 2.32. The van der Waals surface area contributed by atoms with Gasteiger partial charge in [-0.2, -0.15) is 13.2 Å². The van der Waals surface area contributed by atoms with Gasteiger partial charge in [0, 0.05) is 5.56 Å². The zero-order valence-electron chi connectivity index (χ0n) is 20.4. The van der Waals surface area contributed by atoms with Crippen molar-refractivity contribution >= 4 is 22.0 Å². The lowest BCUT2D eigenvalue weighted by atomic mass is 10.0. The van der Waals surface area contributed by atoms with Gasteiger partial charge in [-0.05, 0) is 47.5 Å². The van der Waals surface area contributed by atoms with Crippen LogP contribution in [0, 0.1) is 5.82 Å². The average molecular weight is 541 g/mol. The zero-order chi connectivity index (χ0) is 27.4. The normalized spacial score (nSPS) is 12.0. The molecule has 3 rings (SSSR count). The molecule has 0 saturated heterocycles. The summed E-state index contributed by atoms with van der Waals surface area (Å²) < 4.78 is 101. The van der Waals surface area contributed by atoms with Crippen LogP contribution in [0.4, 0.5) is 17.6 Å². The largest absolute Gasteiger partial charge is 0.493 e. The molecule has 0 aromatic heterocycles. The zero-order valence-corrected chi connectivity index (χ0v) is 21.2. The highest BCUT2D eigenvalue weighted by molar-refractivity contribution is 7.90. The fourth-order valence-corrected chi connectivity index (χ4v) is 5.10. The van der Waals surface area contributed by atoms with Crippen LogP contribution in [0.2, 0.25) is 0 Å². The molecule has 11 heteroatoms. The molecule has 0 aliphatic rings. The van der Waals surface area contributed by atoms with Gasteiger partial charge >= 0.3 is 6.18 Å². The van der Waals surface area contributed by atoms with E-state index >= 15 is 0 Å². The van der Waals surface area contributed by atoms with Gasteiger partial charge in [0.05, 0.1) is 44.7 Å². The van der Waals surface area contributed by atoms with E-state index in [4.69, 9.17) is 18.9 Å². The Bertz CT molecular complexity index is 1390. The van der Waals surface area contributed by atoms with E-state index in [1.165, 1.54) is 40.6 Å². The second-order valence-electron chi connectivity index (χ2n) is 7.73. The average Bonchev–Trinajstić information content (AvgIpc) is 2.87. The molecular formula is C26H24F4O6S. The van der Waals surface area contributed by atoms with Gasteiger partial charge in [-0.1, -0.05) is 24.3 Å². The first-order valence-corrected chi connectivity index (χ1v) is 12.3. The lowest BCUT2D eigenvalue weighted by molar-refractivity contribution is -0.137. The molecule has 0 radical (unpaired) electrons. The minimum atomic E-state index is -4.73. The number of sulfone groups is 1. The van der Waals surface area contributed by atoms with Crippen molar-refractivity contribution in [2.75, 3.05) is 28.4 Å². The molecule has 198 valence electrons. The molecule has 0 heterocycles. The van der Waals surface area contributed by atoms with Crippen molar-refractivity contribution in [2.45, 2.75) is 16.8 Å². The van der Waals surface area contributed by atoms with Crippen LogP contribution in [0.3, 0.4) is 0 Å². The van der Waals surface area contributed by atoms with Crippen molar-refractivity contribution in [3.63, 3.8) is 0 Å². The molecule has 0 aliphatic heterocycles. The lowest BCUT2D eigenvalue weighted by Gasteiger charge is -2.15. The SMILES string of the molecule is COc1cc(/C=C\c2ccc(F)c(OC)c2CS(=O)(=O)c2cccc(C(F)(F)F)c2)cc(OC)c1OC. The minimum Gasteiger partial charge on any atom is -0.493 e. The van der Waals surface area contributed by atoms with Gasteiger partial charge in [-0.25, -0.2) is 12.8 Å². The van der Waals surface area contributed by atoms with Crippen LogP contribution < -0.4 is 18.9 Å². The molecule has 0 amide bonds. The Morgan fingerprint density at radius 2 is 1.43 bits per heavy atom. The minimum absolute atomic E-state index is 0.0522. The number of ether oxygens (including phenoxy) is 4. The van der Waals surface area contributed by atoms with Gasteiger partial charge in [-0.15, -0.1) is 0 Å². The van der Waals surface area contributed by atoms with Crippen molar-refractivity contribution in [3.8, 4) is 23.0 Å². The van der Waals surface area contributed by atoms with Crippen molar-refractivity contribution in [1.29, 1.82) is 0 Å². The third-order valence-corrected chi connectivity index (χ3v) is 7.09. The summed E-state index contributed by atoms with van der Waals surface area (Å²) in [5, 5.41) is 0. The van der Waals surface area contributed by atoms with Gasteiger partial charge < -0.3 is 18.9 Å². The topological polar surface area (TPSA) is 71.1 Å². The Kier molecular flexibility index (Phi) is 8.37. The molecule has 0 unspecified atom stereocenters. The van der Waals surface area contributed by atoms with Crippen molar-refractivity contribution < 1.29 is 44.9 Å². The van der Waals surface area contributed by atoms with Crippen LogP contribution in [0.25, 0.3) is 12.2 Å². The van der Waals surface area contributed by atoms with Gasteiger partial charge in [0.25, 0.3) is 0 Å². The van der Waals surface area contributed by atoms with E-state index < -0.39 is 38.0 Å². The fraction of sp³-hybridized carbons (Fsp3) is 0.231. The number of benzene rings is 3. The smallest absolute Gasteiger partial charge is 0.416 e. The van der Waals surface area contributed by atoms with Gasteiger partial charge in [0.2, 0.25) is 5.75 Å². The van der Waals surface area contributed by atoms with Gasteiger partial charge in [0.15, 0.2) is 32.9 Å². The van der Waals surface area contributed by atoms with E-state index in [0.29, 0.717) is 28.9 Å². The van der Waals surface area contributed by atoms with E-state index in [2.05, 4.69) is 0 Å². The fourth-order valence-electron chi connectivity index (χ4n) is 3.66. The van der Waals surface area contributed by atoms with Crippen LogP contribution in [0.1, 0.15) is 22.3 Å². The molecule has 0 N–H and O–H groups in total. The van der Waals surface area contributed by atoms with Gasteiger partial charge in [-0.3, -0.25) is 0 Å². The molecular weight excluding hydrogens is 516 g/mol. The summed E-state index contributed by atoms with van der Waals surface area (Å²) in [6.45, 7) is 0. The van der Waals surface area contributed by atoms with E-state index in [9.17, 15) is 26.0 Å². The second-order valence-corrected chi connectivity index (χ2v) is 9.71. The summed E-state index contributed by atoms with van der Waals surface area (Å²) in [6, 6.07) is 9.14. The Balaban J connectivity index is 2.08. The summed E-state index contributed by atoms with van der Waals surface area (Å²) in [4.78, 5) is -0.548. The molecule has 3 aromatic carbocycles. The molecule has 6 nitrogen and oxygen atoms in total. The first kappa shape index (κ1) is 27.9. The molecule has 0 bridgehead atoms. The van der Waals surface area contributed by atoms with Crippen LogP contribution in [0.5, 0.6) is 23.0 Å². The second kappa shape index (κ2) is 11.1. The predicted molar refractivity (Wildman–Crippen MR) is 130 cm³/mol. The maximum absolute atomic E-state index is 14.5. The van der Waals surface area contributed by atoms with Crippen molar-refractivity contribution in [2.24, 2.45) is 0 Å². The first-order chi connectivity index (χ1) is 17.4. The molecule has 3 aromatic rings. The number of hydrogen-bond acceptors (Lipinski definition) is 6. The molecule has 0 saturated carbocycles. The number of halogens is 4. The summed E-state index contributed by atoms with van der Waals surface area (Å²) in [5.41, 5.74) is -0.294. The monoisotopic (exact) mass is 540 g/mol.